The van der Waals surface area contributed by atoms with Crippen LogP contribution in [0.15, 0.2) is 23.1 Å². The number of hydrogen-bond acceptors (Lipinski definition) is 1. The number of aryl methyl sites for hydroxylation is 1. The standard InChI is InChI=1S/C13H15FN2O/c1-13(2,3)9-5-8-7-16(4)15-12(17)11(8)10(14)6-9/h5-7H,1-4H3/p+1. The zero-order chi connectivity index (χ0) is 12.8. The van der Waals surface area contributed by atoms with E-state index in [0.29, 0.717) is 5.39 Å². The maximum atomic E-state index is 13.9. The number of aromatic amines is 1. The first-order valence-electron chi connectivity index (χ1n) is 5.52. The minimum absolute atomic E-state index is 0.121. The predicted octanol–water partition coefficient (Wildman–Crippen LogP) is 1.79. The second-order valence-electron chi connectivity index (χ2n) is 5.35. The molecule has 0 amide bonds. The van der Waals surface area contributed by atoms with Gasteiger partial charge >= 0.3 is 5.56 Å². The summed E-state index contributed by atoms with van der Waals surface area (Å²) in [4.78, 5) is 11.7. The van der Waals surface area contributed by atoms with Crippen molar-refractivity contribution in [1.29, 1.82) is 0 Å². The Labute approximate surface area is 98.9 Å². The summed E-state index contributed by atoms with van der Waals surface area (Å²) in [5.41, 5.74) is 0.340. The third kappa shape index (κ3) is 2.07. The molecule has 0 saturated carbocycles. The monoisotopic (exact) mass is 235 g/mol. The summed E-state index contributed by atoms with van der Waals surface area (Å²) in [7, 11) is 1.71. The van der Waals surface area contributed by atoms with E-state index in [4.69, 9.17) is 0 Å². The van der Waals surface area contributed by atoms with E-state index < -0.39 is 11.4 Å². The predicted molar refractivity (Wildman–Crippen MR) is 64.4 cm³/mol. The topological polar surface area (TPSA) is 36.7 Å². The maximum Gasteiger partial charge on any atom is 0.308 e. The van der Waals surface area contributed by atoms with Crippen LogP contribution in [0.3, 0.4) is 0 Å². The molecule has 0 aliphatic heterocycles. The second-order valence-corrected chi connectivity index (χ2v) is 5.35. The molecule has 17 heavy (non-hydrogen) atoms. The molecule has 3 nitrogen and oxygen atoms in total. The fourth-order valence-corrected chi connectivity index (χ4v) is 1.86. The summed E-state index contributed by atoms with van der Waals surface area (Å²) < 4.78 is 15.5. The highest BCUT2D eigenvalue weighted by molar-refractivity contribution is 5.81. The number of hydrogen-bond donors (Lipinski definition) is 1. The fourth-order valence-electron chi connectivity index (χ4n) is 1.86. The van der Waals surface area contributed by atoms with Gasteiger partial charge in [0.15, 0.2) is 7.05 Å². The first kappa shape index (κ1) is 11.8. The van der Waals surface area contributed by atoms with Gasteiger partial charge in [-0.15, -0.1) is 9.78 Å². The van der Waals surface area contributed by atoms with Gasteiger partial charge in [0, 0.05) is 0 Å². The van der Waals surface area contributed by atoms with Crippen molar-refractivity contribution in [2.45, 2.75) is 26.2 Å². The van der Waals surface area contributed by atoms with Crippen LogP contribution in [0, 0.1) is 5.82 Å². The van der Waals surface area contributed by atoms with Crippen molar-refractivity contribution in [1.82, 2.24) is 5.10 Å². The number of H-pyrrole nitrogens is 1. The Morgan fingerprint density at radius 2 is 1.94 bits per heavy atom. The molecule has 0 fully saturated rings. The fraction of sp³-hybridized carbons (Fsp3) is 0.385. The third-order valence-electron chi connectivity index (χ3n) is 2.82. The molecular formula is C13H16FN2O+. The number of nitrogens with one attached hydrogen (secondary N) is 1. The highest BCUT2D eigenvalue weighted by atomic mass is 19.1. The molecule has 90 valence electrons. The van der Waals surface area contributed by atoms with Crippen molar-refractivity contribution in [3.8, 4) is 0 Å². The lowest BCUT2D eigenvalue weighted by atomic mass is 9.86. The molecule has 1 N–H and O–H groups in total. The molecule has 0 saturated heterocycles. The van der Waals surface area contributed by atoms with Crippen LogP contribution < -0.4 is 10.2 Å². The first-order chi connectivity index (χ1) is 7.79. The molecule has 1 aromatic heterocycles. The average molecular weight is 235 g/mol. The molecular weight excluding hydrogens is 219 g/mol. The Morgan fingerprint density at radius 3 is 2.53 bits per heavy atom. The van der Waals surface area contributed by atoms with E-state index in [-0.39, 0.29) is 10.8 Å². The summed E-state index contributed by atoms with van der Waals surface area (Å²) in [6.45, 7) is 6.04. The van der Waals surface area contributed by atoms with Crippen molar-refractivity contribution < 1.29 is 9.07 Å². The van der Waals surface area contributed by atoms with Crippen LogP contribution in [-0.4, -0.2) is 5.10 Å². The average Bonchev–Trinajstić information content (AvgIpc) is 2.13. The zero-order valence-electron chi connectivity index (χ0n) is 10.5. The lowest BCUT2D eigenvalue weighted by Gasteiger charge is -2.19. The van der Waals surface area contributed by atoms with Gasteiger partial charge in [-0.05, 0) is 23.1 Å². The molecule has 0 atom stereocenters. The van der Waals surface area contributed by atoms with E-state index in [0.717, 1.165) is 5.56 Å². The highest BCUT2D eigenvalue weighted by Gasteiger charge is 2.18. The van der Waals surface area contributed by atoms with Crippen molar-refractivity contribution in [3.05, 3.63) is 40.1 Å². The van der Waals surface area contributed by atoms with Gasteiger partial charge in [0.25, 0.3) is 0 Å². The summed E-state index contributed by atoms with van der Waals surface area (Å²) in [5, 5.41) is 3.28. The van der Waals surface area contributed by atoms with Gasteiger partial charge < -0.3 is 0 Å². The van der Waals surface area contributed by atoms with Crippen LogP contribution in [0.2, 0.25) is 0 Å². The van der Waals surface area contributed by atoms with Gasteiger partial charge in [0.1, 0.15) is 5.82 Å². The Morgan fingerprint density at radius 1 is 1.29 bits per heavy atom. The number of benzene rings is 1. The van der Waals surface area contributed by atoms with Crippen molar-refractivity contribution in [2.24, 2.45) is 7.05 Å². The number of rotatable bonds is 0. The van der Waals surface area contributed by atoms with E-state index in [1.165, 1.54) is 10.7 Å². The quantitative estimate of drug-likeness (QED) is 0.694. The SMILES string of the molecule is C[n+]1cc2cc(C(C)(C)C)cc(F)c2c(=O)[nH]1. The molecule has 1 aromatic carbocycles. The maximum absolute atomic E-state index is 13.9. The largest absolute Gasteiger partial charge is 0.308 e. The normalized spacial score (nSPS) is 12.1. The van der Waals surface area contributed by atoms with Gasteiger partial charge in [0.05, 0.1) is 10.8 Å². The number of halogens is 1. The van der Waals surface area contributed by atoms with E-state index >= 15 is 0 Å². The van der Waals surface area contributed by atoms with Crippen LogP contribution in [0.5, 0.6) is 0 Å². The summed E-state index contributed by atoms with van der Waals surface area (Å²) in [6, 6.07) is 3.31. The van der Waals surface area contributed by atoms with Crippen LogP contribution >= 0.6 is 0 Å². The molecule has 2 rings (SSSR count). The number of aromatic nitrogens is 2. The second kappa shape index (κ2) is 3.65. The Kier molecular flexibility index (Phi) is 2.53. The minimum atomic E-state index is -0.464. The van der Waals surface area contributed by atoms with Gasteiger partial charge in [-0.25, -0.2) is 4.39 Å². The summed E-state index contributed by atoms with van der Waals surface area (Å²) >= 11 is 0. The van der Waals surface area contributed by atoms with Crippen LogP contribution in [0.1, 0.15) is 26.3 Å². The molecule has 2 aromatic rings. The molecule has 0 bridgehead atoms. The molecule has 4 heteroatoms. The van der Waals surface area contributed by atoms with Crippen molar-refractivity contribution in [3.63, 3.8) is 0 Å². The molecule has 1 heterocycles. The summed E-state index contributed by atoms with van der Waals surface area (Å²) in [5.74, 6) is -0.464. The van der Waals surface area contributed by atoms with Gasteiger partial charge in [-0.2, -0.15) is 0 Å². The Balaban J connectivity index is 2.87. The van der Waals surface area contributed by atoms with E-state index in [1.807, 2.05) is 26.8 Å². The first-order valence-corrected chi connectivity index (χ1v) is 5.52. The van der Waals surface area contributed by atoms with Crippen LogP contribution in [-0.2, 0) is 12.5 Å². The molecule has 0 spiro atoms. The van der Waals surface area contributed by atoms with Gasteiger partial charge in [0.2, 0.25) is 6.20 Å². The molecule has 0 aliphatic carbocycles. The minimum Gasteiger partial charge on any atom is -0.263 e. The lowest BCUT2D eigenvalue weighted by molar-refractivity contribution is -0.730. The van der Waals surface area contributed by atoms with Gasteiger partial charge in [-0.1, -0.05) is 20.8 Å². The third-order valence-corrected chi connectivity index (χ3v) is 2.82. The summed E-state index contributed by atoms with van der Waals surface area (Å²) in [6.07, 6.45) is 1.72. The molecule has 0 radical (unpaired) electrons. The van der Waals surface area contributed by atoms with E-state index in [2.05, 4.69) is 5.10 Å². The number of fused-ring (bicyclic) bond motifs is 1. The van der Waals surface area contributed by atoms with E-state index in [1.54, 1.807) is 13.2 Å². The molecule has 0 unspecified atom stereocenters. The van der Waals surface area contributed by atoms with Crippen LogP contribution in [0.25, 0.3) is 10.8 Å². The van der Waals surface area contributed by atoms with Crippen molar-refractivity contribution in [2.75, 3.05) is 0 Å². The Bertz CT molecular complexity index is 638. The molecule has 0 aliphatic rings. The zero-order valence-corrected chi connectivity index (χ0v) is 10.5. The van der Waals surface area contributed by atoms with Crippen molar-refractivity contribution >= 4 is 10.8 Å². The van der Waals surface area contributed by atoms with Crippen LogP contribution in [0.4, 0.5) is 4.39 Å². The Hall–Kier alpha value is -1.71. The lowest BCUT2D eigenvalue weighted by Crippen LogP contribution is -2.38. The highest BCUT2D eigenvalue weighted by Crippen LogP contribution is 2.26. The van der Waals surface area contributed by atoms with E-state index in [9.17, 15) is 9.18 Å². The number of nitrogens with zero attached hydrogens (tertiary/aromatic N) is 1. The van der Waals surface area contributed by atoms with Gasteiger partial charge in [-0.3, -0.25) is 4.79 Å². The smallest absolute Gasteiger partial charge is 0.263 e.